The van der Waals surface area contributed by atoms with Crippen LogP contribution in [-0.2, 0) is 17.8 Å². The number of carbonyl (C=O) groups is 1. The SMILES string of the molecule is COc1ccc(CCC(=O)NCc2nc(-c3cccc(Br)c3)no2)cc1. The van der Waals surface area contributed by atoms with Gasteiger partial charge < -0.3 is 14.6 Å². The Bertz CT molecular complexity index is 878. The molecule has 7 heteroatoms. The maximum absolute atomic E-state index is 12.0. The zero-order chi connectivity index (χ0) is 18.4. The first kappa shape index (κ1) is 18.1. The van der Waals surface area contributed by atoms with E-state index in [1.165, 1.54) is 0 Å². The monoisotopic (exact) mass is 415 g/mol. The fraction of sp³-hybridized carbons (Fsp3) is 0.211. The van der Waals surface area contributed by atoms with Crippen molar-refractivity contribution < 1.29 is 14.1 Å². The molecule has 0 atom stereocenters. The highest BCUT2D eigenvalue weighted by atomic mass is 79.9. The molecule has 134 valence electrons. The average Bonchev–Trinajstić information content (AvgIpc) is 3.14. The number of carbonyl (C=O) groups excluding carboxylic acids is 1. The number of methoxy groups -OCH3 is 1. The van der Waals surface area contributed by atoms with E-state index in [-0.39, 0.29) is 12.5 Å². The number of halogens is 1. The number of nitrogens with one attached hydrogen (secondary N) is 1. The van der Waals surface area contributed by atoms with Crippen LogP contribution in [0, 0.1) is 0 Å². The molecule has 0 spiro atoms. The Morgan fingerprint density at radius 2 is 2.04 bits per heavy atom. The van der Waals surface area contributed by atoms with Crippen LogP contribution in [-0.4, -0.2) is 23.2 Å². The number of benzene rings is 2. The third-order valence-corrected chi connectivity index (χ3v) is 4.28. The van der Waals surface area contributed by atoms with Crippen molar-refractivity contribution in [2.75, 3.05) is 7.11 Å². The maximum Gasteiger partial charge on any atom is 0.246 e. The van der Waals surface area contributed by atoms with Crippen LogP contribution in [0.15, 0.2) is 57.5 Å². The van der Waals surface area contributed by atoms with Gasteiger partial charge in [0.1, 0.15) is 5.75 Å². The summed E-state index contributed by atoms with van der Waals surface area (Å²) >= 11 is 3.41. The van der Waals surface area contributed by atoms with Crippen LogP contribution in [0.25, 0.3) is 11.4 Å². The summed E-state index contributed by atoms with van der Waals surface area (Å²) in [4.78, 5) is 16.3. The number of ether oxygens (including phenoxy) is 1. The Kier molecular flexibility index (Phi) is 6.01. The number of aryl methyl sites for hydroxylation is 1. The van der Waals surface area contributed by atoms with E-state index in [0.717, 1.165) is 21.3 Å². The molecule has 3 aromatic rings. The lowest BCUT2D eigenvalue weighted by molar-refractivity contribution is -0.121. The van der Waals surface area contributed by atoms with Crippen molar-refractivity contribution in [1.29, 1.82) is 0 Å². The number of hydrogen-bond donors (Lipinski definition) is 1. The molecular weight excluding hydrogens is 398 g/mol. The second-order valence-corrected chi connectivity index (χ2v) is 6.56. The van der Waals surface area contributed by atoms with Gasteiger partial charge in [0.05, 0.1) is 13.7 Å². The number of rotatable bonds is 7. The number of amides is 1. The molecule has 1 N–H and O–H groups in total. The van der Waals surface area contributed by atoms with Gasteiger partial charge in [-0.3, -0.25) is 4.79 Å². The van der Waals surface area contributed by atoms with Crippen LogP contribution in [0.5, 0.6) is 5.75 Å². The molecule has 1 amide bonds. The van der Waals surface area contributed by atoms with Crippen LogP contribution in [0.4, 0.5) is 0 Å². The lowest BCUT2D eigenvalue weighted by atomic mass is 10.1. The number of nitrogens with zero attached hydrogens (tertiary/aromatic N) is 2. The van der Waals surface area contributed by atoms with E-state index in [9.17, 15) is 4.79 Å². The second-order valence-electron chi connectivity index (χ2n) is 5.65. The topological polar surface area (TPSA) is 77.2 Å². The summed E-state index contributed by atoms with van der Waals surface area (Å²) < 4.78 is 11.2. The van der Waals surface area contributed by atoms with Crippen molar-refractivity contribution in [2.24, 2.45) is 0 Å². The van der Waals surface area contributed by atoms with Crippen LogP contribution in [0.2, 0.25) is 0 Å². The number of aromatic nitrogens is 2. The Morgan fingerprint density at radius 1 is 1.23 bits per heavy atom. The average molecular weight is 416 g/mol. The third-order valence-electron chi connectivity index (χ3n) is 3.79. The summed E-state index contributed by atoms with van der Waals surface area (Å²) in [6, 6.07) is 15.3. The van der Waals surface area contributed by atoms with E-state index in [0.29, 0.717) is 24.6 Å². The van der Waals surface area contributed by atoms with Gasteiger partial charge in [-0.1, -0.05) is 45.4 Å². The molecular formula is C19H18BrN3O3. The molecule has 0 bridgehead atoms. The first-order valence-electron chi connectivity index (χ1n) is 8.12. The summed E-state index contributed by atoms with van der Waals surface area (Å²) in [5, 5.41) is 6.74. The van der Waals surface area contributed by atoms with Gasteiger partial charge >= 0.3 is 0 Å². The van der Waals surface area contributed by atoms with Crippen molar-refractivity contribution in [3.8, 4) is 17.1 Å². The van der Waals surface area contributed by atoms with Crippen LogP contribution < -0.4 is 10.1 Å². The molecule has 1 heterocycles. The lowest BCUT2D eigenvalue weighted by Crippen LogP contribution is -2.23. The molecule has 0 unspecified atom stereocenters. The van der Waals surface area contributed by atoms with E-state index < -0.39 is 0 Å². The van der Waals surface area contributed by atoms with Gasteiger partial charge in [-0.2, -0.15) is 4.98 Å². The molecule has 3 rings (SSSR count). The molecule has 2 aromatic carbocycles. The highest BCUT2D eigenvalue weighted by molar-refractivity contribution is 9.10. The summed E-state index contributed by atoms with van der Waals surface area (Å²) in [6.45, 7) is 0.211. The van der Waals surface area contributed by atoms with Gasteiger partial charge in [0.25, 0.3) is 0 Å². The highest BCUT2D eigenvalue weighted by Crippen LogP contribution is 2.20. The fourth-order valence-electron chi connectivity index (χ4n) is 2.38. The minimum absolute atomic E-state index is 0.0666. The van der Waals surface area contributed by atoms with E-state index >= 15 is 0 Å². The standard InChI is InChI=1S/C19H18BrN3O3/c1-25-16-8-5-13(6-9-16)7-10-17(24)21-12-18-22-19(23-26-18)14-3-2-4-15(20)11-14/h2-6,8-9,11H,7,10,12H2,1H3,(H,21,24). The summed E-state index contributed by atoms with van der Waals surface area (Å²) in [5.41, 5.74) is 1.93. The molecule has 0 aliphatic rings. The maximum atomic E-state index is 12.0. The highest BCUT2D eigenvalue weighted by Gasteiger charge is 2.10. The summed E-state index contributed by atoms with van der Waals surface area (Å²) in [5.74, 6) is 1.60. The molecule has 6 nitrogen and oxygen atoms in total. The van der Waals surface area contributed by atoms with E-state index in [4.69, 9.17) is 9.26 Å². The van der Waals surface area contributed by atoms with Gasteiger partial charge in [-0.25, -0.2) is 0 Å². The van der Waals surface area contributed by atoms with Crippen LogP contribution in [0.1, 0.15) is 17.9 Å². The molecule has 0 aliphatic heterocycles. The van der Waals surface area contributed by atoms with Gasteiger partial charge in [-0.15, -0.1) is 0 Å². The molecule has 1 aromatic heterocycles. The molecule has 0 saturated carbocycles. The van der Waals surface area contributed by atoms with Crippen LogP contribution in [0.3, 0.4) is 0 Å². The quantitative estimate of drug-likeness (QED) is 0.635. The Morgan fingerprint density at radius 3 is 2.77 bits per heavy atom. The predicted octanol–water partition coefficient (Wildman–Crippen LogP) is 3.76. The largest absolute Gasteiger partial charge is 0.497 e. The van der Waals surface area contributed by atoms with Gasteiger partial charge in [-0.05, 0) is 36.2 Å². The second kappa shape index (κ2) is 8.62. The first-order chi connectivity index (χ1) is 12.6. The molecule has 0 radical (unpaired) electrons. The van der Waals surface area contributed by atoms with E-state index in [1.54, 1.807) is 7.11 Å². The van der Waals surface area contributed by atoms with Crippen LogP contribution >= 0.6 is 15.9 Å². The van der Waals surface area contributed by atoms with Gasteiger partial charge in [0, 0.05) is 16.5 Å². The predicted molar refractivity (Wildman–Crippen MR) is 101 cm³/mol. The Balaban J connectivity index is 1.48. The molecule has 0 aliphatic carbocycles. The molecule has 26 heavy (non-hydrogen) atoms. The van der Waals surface area contributed by atoms with Crippen molar-refractivity contribution in [3.63, 3.8) is 0 Å². The lowest BCUT2D eigenvalue weighted by Gasteiger charge is -2.04. The van der Waals surface area contributed by atoms with Crippen molar-refractivity contribution >= 4 is 21.8 Å². The molecule has 0 saturated heterocycles. The Hall–Kier alpha value is -2.67. The zero-order valence-electron chi connectivity index (χ0n) is 14.2. The molecule has 0 fully saturated rings. The normalized spacial score (nSPS) is 10.5. The zero-order valence-corrected chi connectivity index (χ0v) is 15.8. The fourth-order valence-corrected chi connectivity index (χ4v) is 2.78. The number of hydrogen-bond acceptors (Lipinski definition) is 5. The van der Waals surface area contributed by atoms with E-state index in [1.807, 2.05) is 48.5 Å². The summed E-state index contributed by atoms with van der Waals surface area (Å²) in [7, 11) is 1.63. The van der Waals surface area contributed by atoms with Gasteiger partial charge in [0.2, 0.25) is 17.6 Å². The summed E-state index contributed by atoms with van der Waals surface area (Å²) in [6.07, 6.45) is 1.04. The van der Waals surface area contributed by atoms with E-state index in [2.05, 4.69) is 31.4 Å². The van der Waals surface area contributed by atoms with Crippen molar-refractivity contribution in [3.05, 3.63) is 64.5 Å². The first-order valence-corrected chi connectivity index (χ1v) is 8.91. The minimum atomic E-state index is -0.0666. The van der Waals surface area contributed by atoms with Crippen molar-refractivity contribution in [1.82, 2.24) is 15.5 Å². The van der Waals surface area contributed by atoms with Crippen molar-refractivity contribution in [2.45, 2.75) is 19.4 Å². The van der Waals surface area contributed by atoms with Gasteiger partial charge in [0.15, 0.2) is 0 Å². The Labute approximate surface area is 159 Å². The smallest absolute Gasteiger partial charge is 0.246 e. The third kappa shape index (κ3) is 4.92. The minimum Gasteiger partial charge on any atom is -0.497 e.